The molecule has 3 heterocycles. The second-order valence-electron chi connectivity index (χ2n) is 7.17. The lowest BCUT2D eigenvalue weighted by molar-refractivity contribution is 0.426. The molecule has 5 rings (SSSR count). The van der Waals surface area contributed by atoms with Gasteiger partial charge in [-0.2, -0.15) is 10.4 Å². The topological polar surface area (TPSA) is 113 Å². The maximum atomic E-state index is 12.5. The summed E-state index contributed by atoms with van der Waals surface area (Å²) in [5, 5.41) is 17.7. The van der Waals surface area contributed by atoms with Crippen LogP contribution in [-0.4, -0.2) is 19.7 Å². The highest BCUT2D eigenvalue weighted by molar-refractivity contribution is 5.91. The summed E-state index contributed by atoms with van der Waals surface area (Å²) >= 11 is 0. The molecule has 0 spiro atoms. The standard InChI is InChI=1S/C21H18N6O2/c22-9-7-16(13-1-2-13)27-17-8-10-23-20(28)18(17)19(26-27)25-15-5-3-14(4-6-15)21-24-11-12-29-21/h3-6,8,10-13,16H,1-2,7H2,(H,23,28)(H,25,26)/t16-/m0/s1. The van der Waals surface area contributed by atoms with Crippen LogP contribution in [-0.2, 0) is 0 Å². The first kappa shape index (κ1) is 17.3. The lowest BCUT2D eigenvalue weighted by atomic mass is 10.1. The lowest BCUT2D eigenvalue weighted by Crippen LogP contribution is -2.13. The van der Waals surface area contributed by atoms with Crippen molar-refractivity contribution >= 4 is 22.4 Å². The van der Waals surface area contributed by atoms with Gasteiger partial charge in [-0.25, -0.2) is 4.98 Å². The molecule has 1 saturated carbocycles. The van der Waals surface area contributed by atoms with Gasteiger partial charge in [-0.15, -0.1) is 0 Å². The highest BCUT2D eigenvalue weighted by atomic mass is 16.3. The number of nitrogens with zero attached hydrogens (tertiary/aromatic N) is 4. The number of rotatable bonds is 6. The molecule has 8 nitrogen and oxygen atoms in total. The van der Waals surface area contributed by atoms with E-state index in [0.29, 0.717) is 29.4 Å². The van der Waals surface area contributed by atoms with Gasteiger partial charge in [0.2, 0.25) is 5.89 Å². The van der Waals surface area contributed by atoms with E-state index in [2.05, 4.69) is 21.4 Å². The quantitative estimate of drug-likeness (QED) is 0.518. The van der Waals surface area contributed by atoms with Crippen LogP contribution in [0.5, 0.6) is 0 Å². The summed E-state index contributed by atoms with van der Waals surface area (Å²) in [4.78, 5) is 19.4. The second-order valence-corrected chi connectivity index (χ2v) is 7.17. The van der Waals surface area contributed by atoms with Gasteiger partial charge in [0.25, 0.3) is 5.56 Å². The third-order valence-corrected chi connectivity index (χ3v) is 5.24. The molecule has 0 unspecified atom stereocenters. The Morgan fingerprint density at radius 2 is 2.14 bits per heavy atom. The van der Waals surface area contributed by atoms with Crippen molar-refractivity contribution in [1.29, 1.82) is 5.26 Å². The summed E-state index contributed by atoms with van der Waals surface area (Å²) in [5.74, 6) is 1.46. The van der Waals surface area contributed by atoms with E-state index in [0.717, 1.165) is 29.6 Å². The smallest absolute Gasteiger partial charge is 0.261 e. The SMILES string of the molecule is N#CC[C@@H](C1CC1)n1nc(Nc2ccc(-c3ncco3)cc2)c2c(=O)[nH]ccc21. The van der Waals surface area contributed by atoms with E-state index in [1.165, 1.54) is 6.26 Å². The van der Waals surface area contributed by atoms with Gasteiger partial charge in [-0.1, -0.05) is 0 Å². The van der Waals surface area contributed by atoms with Gasteiger partial charge in [0.05, 0.1) is 30.2 Å². The van der Waals surface area contributed by atoms with Crippen molar-refractivity contribution < 1.29 is 4.42 Å². The zero-order chi connectivity index (χ0) is 19.8. The Hall–Kier alpha value is -3.86. The van der Waals surface area contributed by atoms with Crippen molar-refractivity contribution in [3.8, 4) is 17.5 Å². The van der Waals surface area contributed by atoms with E-state index < -0.39 is 0 Å². The summed E-state index contributed by atoms with van der Waals surface area (Å²) in [6.45, 7) is 0. The summed E-state index contributed by atoms with van der Waals surface area (Å²) in [6.07, 6.45) is 7.30. The van der Waals surface area contributed by atoms with Gasteiger partial charge in [-0.3, -0.25) is 9.48 Å². The first-order valence-electron chi connectivity index (χ1n) is 9.48. The zero-order valence-electron chi connectivity index (χ0n) is 15.5. The van der Waals surface area contributed by atoms with Crippen LogP contribution in [0.25, 0.3) is 22.4 Å². The lowest BCUT2D eigenvalue weighted by Gasteiger charge is -2.14. The number of H-pyrrole nitrogens is 1. The van der Waals surface area contributed by atoms with Crippen molar-refractivity contribution in [2.75, 3.05) is 5.32 Å². The van der Waals surface area contributed by atoms with Crippen molar-refractivity contribution in [2.45, 2.75) is 25.3 Å². The van der Waals surface area contributed by atoms with Crippen molar-refractivity contribution in [2.24, 2.45) is 5.92 Å². The number of anilines is 2. The summed E-state index contributed by atoms with van der Waals surface area (Å²) in [7, 11) is 0. The van der Waals surface area contributed by atoms with Gasteiger partial charge in [0.15, 0.2) is 5.82 Å². The molecule has 8 heteroatoms. The molecule has 0 saturated heterocycles. The van der Waals surface area contributed by atoms with Gasteiger partial charge in [-0.05, 0) is 49.1 Å². The molecule has 0 aliphatic heterocycles. The Bertz CT molecular complexity index is 1240. The maximum Gasteiger partial charge on any atom is 0.261 e. The second kappa shape index (κ2) is 6.95. The maximum absolute atomic E-state index is 12.5. The first-order valence-corrected chi connectivity index (χ1v) is 9.48. The highest BCUT2D eigenvalue weighted by Crippen LogP contribution is 2.42. The molecule has 3 aromatic heterocycles. The van der Waals surface area contributed by atoms with E-state index in [9.17, 15) is 10.1 Å². The molecule has 1 atom stereocenters. The number of nitriles is 1. The summed E-state index contributed by atoms with van der Waals surface area (Å²) in [5.41, 5.74) is 2.17. The third kappa shape index (κ3) is 3.17. The fourth-order valence-electron chi connectivity index (χ4n) is 3.67. The largest absolute Gasteiger partial charge is 0.445 e. The number of fused-ring (bicyclic) bond motifs is 1. The van der Waals surface area contributed by atoms with Gasteiger partial charge in [0.1, 0.15) is 11.6 Å². The van der Waals surface area contributed by atoms with E-state index in [-0.39, 0.29) is 11.6 Å². The van der Waals surface area contributed by atoms with E-state index in [1.807, 2.05) is 35.0 Å². The fourth-order valence-corrected chi connectivity index (χ4v) is 3.67. The molecule has 0 radical (unpaired) electrons. The molecule has 4 aromatic rings. The molecule has 29 heavy (non-hydrogen) atoms. The molecular formula is C21H18N6O2. The summed E-state index contributed by atoms with van der Waals surface area (Å²) < 4.78 is 7.16. The number of aromatic amines is 1. The Kier molecular flexibility index (Phi) is 4.13. The van der Waals surface area contributed by atoms with Gasteiger partial charge < -0.3 is 14.7 Å². The number of benzene rings is 1. The number of hydrogen-bond donors (Lipinski definition) is 2. The third-order valence-electron chi connectivity index (χ3n) is 5.24. The van der Waals surface area contributed by atoms with Crippen LogP contribution < -0.4 is 10.9 Å². The van der Waals surface area contributed by atoms with Crippen molar-refractivity contribution in [1.82, 2.24) is 19.7 Å². The Labute approximate surface area is 165 Å². The Balaban J connectivity index is 1.53. The minimum Gasteiger partial charge on any atom is -0.445 e. The minimum absolute atomic E-state index is 0.0211. The fraction of sp³-hybridized carbons (Fsp3) is 0.238. The molecule has 0 amide bonds. The monoisotopic (exact) mass is 386 g/mol. The van der Waals surface area contributed by atoms with Crippen LogP contribution in [0.1, 0.15) is 25.3 Å². The van der Waals surface area contributed by atoms with E-state index in [1.54, 1.807) is 12.4 Å². The Morgan fingerprint density at radius 3 is 2.83 bits per heavy atom. The highest BCUT2D eigenvalue weighted by Gasteiger charge is 2.34. The molecule has 0 bridgehead atoms. The van der Waals surface area contributed by atoms with Crippen LogP contribution in [0.4, 0.5) is 11.5 Å². The van der Waals surface area contributed by atoms with Crippen LogP contribution in [0.15, 0.2) is 58.2 Å². The number of oxazole rings is 1. The van der Waals surface area contributed by atoms with Crippen molar-refractivity contribution in [3.05, 3.63) is 59.3 Å². The van der Waals surface area contributed by atoms with Crippen LogP contribution in [0, 0.1) is 17.2 Å². The Morgan fingerprint density at radius 1 is 1.31 bits per heavy atom. The van der Waals surface area contributed by atoms with E-state index in [4.69, 9.17) is 9.52 Å². The molecular weight excluding hydrogens is 368 g/mol. The number of aromatic nitrogens is 4. The average Bonchev–Trinajstić information content (AvgIpc) is 3.29. The van der Waals surface area contributed by atoms with Crippen LogP contribution >= 0.6 is 0 Å². The van der Waals surface area contributed by atoms with Gasteiger partial charge in [0, 0.05) is 17.4 Å². The molecule has 1 aliphatic carbocycles. The van der Waals surface area contributed by atoms with E-state index >= 15 is 0 Å². The molecule has 1 fully saturated rings. The van der Waals surface area contributed by atoms with Crippen LogP contribution in [0.2, 0.25) is 0 Å². The average molecular weight is 386 g/mol. The zero-order valence-corrected chi connectivity index (χ0v) is 15.5. The molecule has 2 N–H and O–H groups in total. The summed E-state index contributed by atoms with van der Waals surface area (Å²) in [6, 6.07) is 11.6. The number of nitrogens with one attached hydrogen (secondary N) is 2. The van der Waals surface area contributed by atoms with Crippen LogP contribution in [0.3, 0.4) is 0 Å². The van der Waals surface area contributed by atoms with Crippen molar-refractivity contribution in [3.63, 3.8) is 0 Å². The molecule has 1 aromatic carbocycles. The number of hydrogen-bond acceptors (Lipinski definition) is 6. The predicted molar refractivity (Wildman–Crippen MR) is 108 cm³/mol. The molecule has 144 valence electrons. The number of pyridine rings is 1. The normalized spacial score (nSPS) is 14.6. The first-order chi connectivity index (χ1) is 14.2. The van der Waals surface area contributed by atoms with Gasteiger partial charge >= 0.3 is 0 Å². The molecule has 1 aliphatic rings. The predicted octanol–water partition coefficient (Wildman–Crippen LogP) is 3.99. The minimum atomic E-state index is -0.209.